The van der Waals surface area contributed by atoms with E-state index in [1.54, 1.807) is 0 Å². The van der Waals surface area contributed by atoms with Crippen molar-refractivity contribution in [1.29, 1.82) is 0 Å². The number of fused-ring (bicyclic) bond motifs is 2. The summed E-state index contributed by atoms with van der Waals surface area (Å²) in [4.78, 5) is 43.1. The van der Waals surface area contributed by atoms with Gasteiger partial charge in [-0.2, -0.15) is 13.2 Å². The molecule has 2 aromatic carbocycles. The molecule has 0 aliphatic carbocycles. The molecule has 0 aliphatic rings. The van der Waals surface area contributed by atoms with E-state index in [1.165, 1.54) is 30.6 Å². The molecule has 2 aromatic heterocycles. The van der Waals surface area contributed by atoms with E-state index in [1.807, 2.05) is 0 Å². The number of nitrogens with zero attached hydrogens (tertiary/aromatic N) is 2. The minimum Gasteiger partial charge on any atom is -0.478 e. The van der Waals surface area contributed by atoms with Crippen molar-refractivity contribution < 1.29 is 23.1 Å². The smallest absolute Gasteiger partial charge is 0.416 e. The van der Waals surface area contributed by atoms with E-state index < -0.39 is 29.0 Å². The van der Waals surface area contributed by atoms with E-state index in [2.05, 4.69) is 9.97 Å². The third-order valence-electron chi connectivity index (χ3n) is 4.45. The molecule has 0 fully saturated rings. The van der Waals surface area contributed by atoms with Crippen molar-refractivity contribution in [3.8, 4) is 5.69 Å². The normalized spacial score (nSPS) is 11.8. The number of pyridine rings is 1. The lowest BCUT2D eigenvalue weighted by Crippen LogP contribution is -2.34. The third kappa shape index (κ3) is 3.04. The number of nitrogens with one attached hydrogen (secondary N) is 1. The number of benzene rings is 2. The highest BCUT2D eigenvalue weighted by Crippen LogP contribution is 2.30. The van der Waals surface area contributed by atoms with Crippen LogP contribution in [0.25, 0.3) is 27.4 Å². The van der Waals surface area contributed by atoms with Crippen LogP contribution in [0.3, 0.4) is 0 Å². The average molecular weight is 401 g/mol. The van der Waals surface area contributed by atoms with E-state index in [-0.39, 0.29) is 27.5 Å². The Labute approximate surface area is 158 Å². The van der Waals surface area contributed by atoms with Gasteiger partial charge in [0, 0.05) is 17.0 Å². The van der Waals surface area contributed by atoms with Gasteiger partial charge in [0.25, 0.3) is 5.56 Å². The topological polar surface area (TPSA) is 105 Å². The number of rotatable bonds is 2. The van der Waals surface area contributed by atoms with Gasteiger partial charge in [-0.1, -0.05) is 6.07 Å². The summed E-state index contributed by atoms with van der Waals surface area (Å²) in [5, 5.41) is 9.54. The van der Waals surface area contributed by atoms with Crippen LogP contribution in [0.5, 0.6) is 0 Å². The van der Waals surface area contributed by atoms with Crippen LogP contribution in [-0.4, -0.2) is 25.6 Å². The summed E-state index contributed by atoms with van der Waals surface area (Å²) >= 11 is 0. The van der Waals surface area contributed by atoms with Gasteiger partial charge < -0.3 is 10.1 Å². The van der Waals surface area contributed by atoms with Gasteiger partial charge in [0.2, 0.25) is 0 Å². The number of halogens is 3. The highest BCUT2D eigenvalue weighted by Gasteiger charge is 2.31. The van der Waals surface area contributed by atoms with E-state index >= 15 is 0 Å². The van der Waals surface area contributed by atoms with Crippen LogP contribution in [0, 0.1) is 0 Å². The van der Waals surface area contributed by atoms with Crippen LogP contribution in [0.2, 0.25) is 0 Å². The van der Waals surface area contributed by atoms with E-state index in [0.717, 1.165) is 12.1 Å². The minimum absolute atomic E-state index is 0.0452. The lowest BCUT2D eigenvalue weighted by molar-refractivity contribution is -0.137. The van der Waals surface area contributed by atoms with E-state index in [0.29, 0.717) is 16.0 Å². The first-order valence-electron chi connectivity index (χ1n) is 8.14. The van der Waals surface area contributed by atoms with Crippen LogP contribution in [-0.2, 0) is 6.18 Å². The van der Waals surface area contributed by atoms with Gasteiger partial charge in [-0.3, -0.25) is 9.78 Å². The fourth-order valence-corrected chi connectivity index (χ4v) is 3.07. The summed E-state index contributed by atoms with van der Waals surface area (Å²) < 4.78 is 39.7. The highest BCUT2D eigenvalue weighted by atomic mass is 19.4. The average Bonchev–Trinajstić information content (AvgIpc) is 2.66. The monoisotopic (exact) mass is 401 g/mol. The second kappa shape index (κ2) is 6.30. The van der Waals surface area contributed by atoms with Crippen LogP contribution < -0.4 is 11.2 Å². The second-order valence-electron chi connectivity index (χ2n) is 6.23. The molecule has 7 nitrogen and oxygen atoms in total. The van der Waals surface area contributed by atoms with Crippen molar-refractivity contribution in [2.75, 3.05) is 0 Å². The molecule has 0 saturated heterocycles. The lowest BCUT2D eigenvalue weighted by Gasteiger charge is -2.11. The lowest BCUT2D eigenvalue weighted by atomic mass is 10.1. The second-order valence-corrected chi connectivity index (χ2v) is 6.23. The van der Waals surface area contributed by atoms with Crippen LogP contribution >= 0.6 is 0 Å². The quantitative estimate of drug-likeness (QED) is 0.537. The fourth-order valence-electron chi connectivity index (χ4n) is 3.07. The molecule has 0 amide bonds. The number of alkyl halides is 3. The summed E-state index contributed by atoms with van der Waals surface area (Å²) in [7, 11) is 0. The Hall–Kier alpha value is -3.95. The maximum atomic E-state index is 13.0. The Kier molecular flexibility index (Phi) is 4.00. The summed E-state index contributed by atoms with van der Waals surface area (Å²) in [5.41, 5.74) is -3.10. The number of carboxylic acid groups (broad SMARTS) is 1. The maximum absolute atomic E-state index is 13.0. The Morgan fingerprint density at radius 2 is 1.79 bits per heavy atom. The van der Waals surface area contributed by atoms with Gasteiger partial charge in [0.15, 0.2) is 0 Å². The molecule has 0 bridgehead atoms. The van der Waals surface area contributed by atoms with Gasteiger partial charge in [-0.15, -0.1) is 0 Å². The minimum atomic E-state index is -4.67. The fraction of sp³-hybridized carbons (Fsp3) is 0.0526. The predicted octanol–water partition coefficient (Wildman–Crippen LogP) is 2.94. The summed E-state index contributed by atoms with van der Waals surface area (Å²) in [6, 6.07) is 6.48. The summed E-state index contributed by atoms with van der Waals surface area (Å²) in [6.07, 6.45) is -2.09. The Bertz CT molecular complexity index is 1420. The molecule has 146 valence electrons. The zero-order chi connectivity index (χ0) is 20.9. The molecule has 0 radical (unpaired) electrons. The molecular weight excluding hydrogens is 391 g/mol. The number of hydrogen-bond donors (Lipinski definition) is 2. The van der Waals surface area contributed by atoms with E-state index in [4.69, 9.17) is 0 Å². The predicted molar refractivity (Wildman–Crippen MR) is 97.4 cm³/mol. The van der Waals surface area contributed by atoms with Crippen LogP contribution in [0.4, 0.5) is 13.2 Å². The Morgan fingerprint density at radius 1 is 1.03 bits per heavy atom. The number of hydrogen-bond acceptors (Lipinski definition) is 4. The third-order valence-corrected chi connectivity index (χ3v) is 4.45. The Morgan fingerprint density at radius 3 is 2.48 bits per heavy atom. The first-order valence-corrected chi connectivity index (χ1v) is 8.14. The molecule has 4 aromatic rings. The van der Waals surface area contributed by atoms with Crippen LogP contribution in [0.1, 0.15) is 15.9 Å². The number of aromatic nitrogens is 3. The Balaban J connectivity index is 2.09. The molecule has 0 unspecified atom stereocenters. The van der Waals surface area contributed by atoms with Gasteiger partial charge in [0.05, 0.1) is 33.9 Å². The molecule has 0 atom stereocenters. The molecule has 0 aliphatic heterocycles. The van der Waals surface area contributed by atoms with Crippen molar-refractivity contribution in [2.45, 2.75) is 6.18 Å². The molecule has 10 heteroatoms. The molecular formula is C19H10F3N3O4. The molecule has 29 heavy (non-hydrogen) atoms. The largest absolute Gasteiger partial charge is 0.478 e. The summed E-state index contributed by atoms with van der Waals surface area (Å²) in [6.45, 7) is 0. The molecule has 4 rings (SSSR count). The molecule has 0 saturated carbocycles. The van der Waals surface area contributed by atoms with Crippen molar-refractivity contribution in [2.24, 2.45) is 0 Å². The molecule has 0 spiro atoms. The van der Waals surface area contributed by atoms with Crippen molar-refractivity contribution in [1.82, 2.24) is 14.5 Å². The molecule has 2 heterocycles. The van der Waals surface area contributed by atoms with E-state index in [9.17, 15) is 32.7 Å². The van der Waals surface area contributed by atoms with Crippen molar-refractivity contribution >= 4 is 27.6 Å². The molecule has 2 N–H and O–H groups in total. The zero-order valence-corrected chi connectivity index (χ0v) is 14.3. The van der Waals surface area contributed by atoms with Gasteiger partial charge in [-0.05, 0) is 30.3 Å². The number of H-pyrrole nitrogens is 1. The SMILES string of the molecule is O=C(O)c1ccc2cncc(-n3c(=O)[nH]c4ccc(C(F)(F)F)cc4c3=O)c2c1. The van der Waals surface area contributed by atoms with Crippen molar-refractivity contribution in [3.63, 3.8) is 0 Å². The van der Waals surface area contributed by atoms with Gasteiger partial charge >= 0.3 is 17.8 Å². The van der Waals surface area contributed by atoms with Crippen LogP contribution in [0.15, 0.2) is 58.4 Å². The highest BCUT2D eigenvalue weighted by molar-refractivity contribution is 5.97. The van der Waals surface area contributed by atoms with Gasteiger partial charge in [0.1, 0.15) is 0 Å². The number of carboxylic acids is 1. The first kappa shape index (κ1) is 18.4. The number of aromatic carboxylic acids is 1. The van der Waals surface area contributed by atoms with Gasteiger partial charge in [-0.25, -0.2) is 14.2 Å². The summed E-state index contributed by atoms with van der Waals surface area (Å²) in [5.74, 6) is -1.22. The zero-order valence-electron chi connectivity index (χ0n) is 14.3. The number of aromatic amines is 1. The van der Waals surface area contributed by atoms with Crippen molar-refractivity contribution in [3.05, 3.63) is 80.8 Å². The maximum Gasteiger partial charge on any atom is 0.416 e. The standard InChI is InChI=1S/C19H10F3N3O4/c20-19(21,22)11-3-4-14-13(6-11)16(26)25(18(29)24-14)15-8-23-7-10-2-1-9(17(27)28)5-12(10)15/h1-8H,(H,24,29)(H,27,28). The first-order chi connectivity index (χ1) is 13.7. The number of carbonyl (C=O) groups is 1.